The van der Waals surface area contributed by atoms with E-state index in [9.17, 15) is 4.79 Å². The number of aryl methyl sites for hydroxylation is 2. The molecule has 0 saturated carbocycles. The Morgan fingerprint density at radius 3 is 2.78 bits per heavy atom. The summed E-state index contributed by atoms with van der Waals surface area (Å²) in [7, 11) is 0. The molecular weight excluding hydrogens is 402 g/mol. The Morgan fingerprint density at radius 1 is 0.969 bits per heavy atom. The lowest BCUT2D eigenvalue weighted by molar-refractivity contribution is 0.133. The van der Waals surface area contributed by atoms with Gasteiger partial charge in [0.05, 0.1) is 5.69 Å². The molecule has 0 N–H and O–H groups in total. The zero-order valence-electron chi connectivity index (χ0n) is 18.6. The van der Waals surface area contributed by atoms with Gasteiger partial charge in [0.25, 0.3) is 0 Å². The average Bonchev–Trinajstić information content (AvgIpc) is 3.22. The predicted octanol–water partition coefficient (Wildman–Crippen LogP) is 4.89. The number of nitrogens with zero attached hydrogens (tertiary/aromatic N) is 3. The van der Waals surface area contributed by atoms with Crippen molar-refractivity contribution < 1.29 is 8.83 Å². The van der Waals surface area contributed by atoms with Crippen LogP contribution in [-0.2, 0) is 0 Å². The monoisotopic (exact) mass is 429 g/mol. The molecule has 6 rings (SSSR count). The molecule has 0 aliphatic carbocycles. The molecule has 1 atom stereocenters. The van der Waals surface area contributed by atoms with Gasteiger partial charge in [0.1, 0.15) is 16.9 Å². The molecule has 0 spiro atoms. The summed E-state index contributed by atoms with van der Waals surface area (Å²) in [5.74, 6) is 0.517. The van der Waals surface area contributed by atoms with Crippen LogP contribution >= 0.6 is 0 Å². The van der Waals surface area contributed by atoms with Crippen molar-refractivity contribution in [3.63, 3.8) is 0 Å². The van der Waals surface area contributed by atoms with Crippen LogP contribution in [0.5, 0.6) is 0 Å². The Kier molecular flexibility index (Phi) is 4.57. The summed E-state index contributed by atoms with van der Waals surface area (Å²) in [6.45, 7) is 8.25. The molecule has 32 heavy (non-hydrogen) atoms. The van der Waals surface area contributed by atoms with Crippen LogP contribution in [0.3, 0.4) is 0 Å². The van der Waals surface area contributed by atoms with E-state index < -0.39 is 0 Å². The highest BCUT2D eigenvalue weighted by Gasteiger charge is 2.29. The van der Waals surface area contributed by atoms with Crippen LogP contribution in [0.1, 0.15) is 30.7 Å². The van der Waals surface area contributed by atoms with Gasteiger partial charge in [-0.1, -0.05) is 6.42 Å². The normalized spacial score (nSPS) is 19.6. The fourth-order valence-electron chi connectivity index (χ4n) is 5.36. The molecular formula is C26H27N3O3. The molecule has 0 radical (unpaired) electrons. The number of fused-ring (bicyclic) bond motifs is 3. The first-order chi connectivity index (χ1) is 15.5. The van der Waals surface area contributed by atoms with E-state index in [4.69, 9.17) is 8.83 Å². The predicted molar refractivity (Wildman–Crippen MR) is 126 cm³/mol. The number of hydrogen-bond acceptors (Lipinski definition) is 6. The summed E-state index contributed by atoms with van der Waals surface area (Å²) in [6.07, 6.45) is 3.91. The quantitative estimate of drug-likeness (QED) is 0.423. The zero-order valence-corrected chi connectivity index (χ0v) is 18.6. The van der Waals surface area contributed by atoms with Crippen molar-refractivity contribution in [1.82, 2.24) is 9.88 Å². The van der Waals surface area contributed by atoms with Gasteiger partial charge in [0.15, 0.2) is 5.58 Å². The highest BCUT2D eigenvalue weighted by atomic mass is 16.4. The van der Waals surface area contributed by atoms with E-state index in [0.29, 0.717) is 28.5 Å². The van der Waals surface area contributed by atoms with Crippen molar-refractivity contribution in [3.8, 4) is 11.3 Å². The minimum atomic E-state index is -0.381. The van der Waals surface area contributed by atoms with Crippen LogP contribution in [-0.4, -0.2) is 42.1 Å². The summed E-state index contributed by atoms with van der Waals surface area (Å²) >= 11 is 0. The minimum absolute atomic E-state index is 0.381. The van der Waals surface area contributed by atoms with Gasteiger partial charge in [-0.15, -0.1) is 0 Å². The Balaban J connectivity index is 1.35. The van der Waals surface area contributed by atoms with Crippen LogP contribution in [0.4, 0.5) is 5.69 Å². The van der Waals surface area contributed by atoms with Gasteiger partial charge in [-0.3, -0.25) is 9.88 Å². The van der Waals surface area contributed by atoms with E-state index in [1.54, 1.807) is 0 Å². The zero-order chi connectivity index (χ0) is 21.8. The third kappa shape index (κ3) is 3.30. The highest BCUT2D eigenvalue weighted by Crippen LogP contribution is 2.31. The average molecular weight is 430 g/mol. The molecule has 1 aromatic carbocycles. The standard InChI is InChI=1S/C26H27N3O3/c1-16-11-19-13-24(31-25(19)17(2)27-16)22-12-18-6-7-20(14-23(18)32-26(22)30)29-10-9-28-8-4-3-5-21(28)15-29/h6-7,11-14,21H,3-5,8-10,15H2,1-2H3/t21-/m0/s1. The van der Waals surface area contributed by atoms with E-state index in [2.05, 4.69) is 20.9 Å². The summed E-state index contributed by atoms with van der Waals surface area (Å²) in [5.41, 5.74) is 4.25. The summed E-state index contributed by atoms with van der Waals surface area (Å²) in [6, 6.07) is 12.6. The van der Waals surface area contributed by atoms with Gasteiger partial charge in [-0.25, -0.2) is 4.79 Å². The molecule has 4 aromatic rings. The minimum Gasteiger partial charge on any atom is -0.454 e. The first kappa shape index (κ1) is 19.6. The third-order valence-electron chi connectivity index (χ3n) is 6.99. The molecule has 2 aliphatic rings. The van der Waals surface area contributed by atoms with Gasteiger partial charge < -0.3 is 13.7 Å². The molecule has 0 bridgehead atoms. The second kappa shape index (κ2) is 7.48. The van der Waals surface area contributed by atoms with Crippen molar-refractivity contribution in [2.75, 3.05) is 31.1 Å². The molecule has 3 aromatic heterocycles. The first-order valence-electron chi connectivity index (χ1n) is 11.5. The number of aromatic nitrogens is 1. The smallest absolute Gasteiger partial charge is 0.347 e. The molecule has 2 fully saturated rings. The number of rotatable bonds is 2. The van der Waals surface area contributed by atoms with Crippen molar-refractivity contribution in [2.45, 2.75) is 39.2 Å². The number of piperazine rings is 1. The molecule has 0 amide bonds. The van der Waals surface area contributed by atoms with Gasteiger partial charge in [-0.2, -0.15) is 0 Å². The lowest BCUT2D eigenvalue weighted by Gasteiger charge is -2.44. The number of piperidine rings is 1. The van der Waals surface area contributed by atoms with E-state index in [0.717, 1.165) is 47.5 Å². The molecule has 2 aliphatic heterocycles. The van der Waals surface area contributed by atoms with Crippen molar-refractivity contribution in [1.29, 1.82) is 0 Å². The lowest BCUT2D eigenvalue weighted by Crippen LogP contribution is -2.54. The van der Waals surface area contributed by atoms with E-state index in [1.165, 1.54) is 25.8 Å². The van der Waals surface area contributed by atoms with E-state index in [-0.39, 0.29) is 5.63 Å². The van der Waals surface area contributed by atoms with Crippen LogP contribution < -0.4 is 10.5 Å². The maximum Gasteiger partial charge on any atom is 0.347 e. The van der Waals surface area contributed by atoms with Crippen molar-refractivity contribution in [2.24, 2.45) is 0 Å². The number of anilines is 1. The van der Waals surface area contributed by atoms with Crippen molar-refractivity contribution >= 4 is 27.6 Å². The molecule has 6 nitrogen and oxygen atoms in total. The largest absolute Gasteiger partial charge is 0.454 e. The van der Waals surface area contributed by atoms with Gasteiger partial charge >= 0.3 is 5.63 Å². The van der Waals surface area contributed by atoms with E-state index >= 15 is 0 Å². The maximum absolute atomic E-state index is 12.9. The van der Waals surface area contributed by atoms with Gasteiger partial charge in [-0.05, 0) is 63.6 Å². The fraction of sp³-hybridized carbons (Fsp3) is 0.385. The Hall–Kier alpha value is -3.12. The van der Waals surface area contributed by atoms with Crippen molar-refractivity contribution in [3.05, 3.63) is 58.2 Å². The number of benzene rings is 1. The molecule has 5 heterocycles. The highest BCUT2D eigenvalue weighted by molar-refractivity contribution is 5.88. The molecule has 164 valence electrons. The van der Waals surface area contributed by atoms with E-state index in [1.807, 2.05) is 44.2 Å². The SMILES string of the molecule is Cc1cc2cc(-c3cc4ccc(N5CCN6CCCC[C@H]6C5)cc4oc3=O)oc2c(C)n1. The Bertz CT molecular complexity index is 1390. The second-order valence-electron chi connectivity index (χ2n) is 9.18. The first-order valence-corrected chi connectivity index (χ1v) is 11.5. The summed E-state index contributed by atoms with van der Waals surface area (Å²) in [5, 5.41) is 1.84. The lowest BCUT2D eigenvalue weighted by atomic mass is 9.99. The number of furan rings is 1. The fourth-order valence-corrected chi connectivity index (χ4v) is 5.36. The Labute approximate surface area is 186 Å². The maximum atomic E-state index is 12.9. The van der Waals surface area contributed by atoms with Crippen LogP contribution in [0.15, 0.2) is 50.0 Å². The number of pyridine rings is 1. The Morgan fingerprint density at radius 2 is 1.88 bits per heavy atom. The van der Waals surface area contributed by atoms with Crippen LogP contribution in [0.25, 0.3) is 33.3 Å². The second-order valence-corrected chi connectivity index (χ2v) is 9.18. The molecule has 2 saturated heterocycles. The molecule has 0 unspecified atom stereocenters. The third-order valence-corrected chi connectivity index (χ3v) is 6.99. The summed E-state index contributed by atoms with van der Waals surface area (Å²) < 4.78 is 11.8. The van der Waals surface area contributed by atoms with Crippen LogP contribution in [0.2, 0.25) is 0 Å². The van der Waals surface area contributed by atoms with Gasteiger partial charge in [0, 0.05) is 53.9 Å². The topological polar surface area (TPSA) is 62.7 Å². The molecule has 6 heteroatoms. The van der Waals surface area contributed by atoms with Gasteiger partial charge in [0.2, 0.25) is 0 Å². The van der Waals surface area contributed by atoms with Crippen LogP contribution in [0, 0.1) is 13.8 Å². The summed E-state index contributed by atoms with van der Waals surface area (Å²) in [4.78, 5) is 22.4. The number of hydrogen-bond donors (Lipinski definition) is 0.